The average molecular weight is 302 g/mol. The normalized spacial score (nSPS) is 23.0. The lowest BCUT2D eigenvalue weighted by Crippen LogP contribution is -2.47. The first-order valence-corrected chi connectivity index (χ1v) is 7.88. The van der Waals surface area contributed by atoms with E-state index in [9.17, 15) is 9.59 Å². The molecule has 0 saturated carbocycles. The largest absolute Gasteiger partial charge is 0.382 e. The van der Waals surface area contributed by atoms with Gasteiger partial charge in [0, 0.05) is 23.8 Å². The Morgan fingerprint density at radius 2 is 1.73 bits per heavy atom. The third-order valence-electron chi connectivity index (χ3n) is 4.15. The number of nitrogens with one attached hydrogen (secondary N) is 4. The van der Waals surface area contributed by atoms with E-state index in [4.69, 9.17) is 0 Å². The van der Waals surface area contributed by atoms with Gasteiger partial charge in [0.2, 0.25) is 11.8 Å². The van der Waals surface area contributed by atoms with Crippen molar-refractivity contribution in [1.29, 1.82) is 0 Å². The van der Waals surface area contributed by atoms with Crippen molar-refractivity contribution in [2.24, 2.45) is 0 Å². The summed E-state index contributed by atoms with van der Waals surface area (Å²) in [6.07, 6.45) is 3.16. The minimum Gasteiger partial charge on any atom is -0.382 e. The molecular formula is C16H22N4O2. The fourth-order valence-corrected chi connectivity index (χ4v) is 2.93. The first kappa shape index (κ1) is 14.8. The maximum Gasteiger partial charge on any atom is 0.249 e. The SMILES string of the molecule is O=C1CCC(Nc2cccc(NC3CCNCC3)c2)C(=O)N1. The molecule has 3 rings (SSSR count). The van der Waals surface area contributed by atoms with Crippen LogP contribution in [0, 0.1) is 0 Å². The standard InChI is InChI=1S/C16H22N4O2/c21-15-5-4-14(16(22)20-15)19-13-3-1-2-12(10-13)18-11-6-8-17-9-7-11/h1-3,10-11,14,17-19H,4-9H2,(H,20,21,22). The molecule has 2 aliphatic heterocycles. The lowest BCUT2D eigenvalue weighted by molar-refractivity contribution is -0.133. The summed E-state index contributed by atoms with van der Waals surface area (Å²) in [5.41, 5.74) is 1.96. The number of hydrogen-bond donors (Lipinski definition) is 4. The molecule has 2 saturated heterocycles. The summed E-state index contributed by atoms with van der Waals surface area (Å²) in [4.78, 5) is 23.0. The molecule has 6 heteroatoms. The van der Waals surface area contributed by atoms with Gasteiger partial charge in [-0.2, -0.15) is 0 Å². The molecule has 0 aliphatic carbocycles. The minimum atomic E-state index is -0.341. The summed E-state index contributed by atoms with van der Waals surface area (Å²) >= 11 is 0. The second-order valence-electron chi connectivity index (χ2n) is 5.90. The second kappa shape index (κ2) is 6.79. The monoisotopic (exact) mass is 302 g/mol. The molecule has 4 N–H and O–H groups in total. The first-order valence-electron chi connectivity index (χ1n) is 7.88. The van der Waals surface area contributed by atoms with Gasteiger partial charge in [-0.3, -0.25) is 14.9 Å². The molecule has 6 nitrogen and oxygen atoms in total. The fraction of sp³-hybridized carbons (Fsp3) is 0.500. The van der Waals surface area contributed by atoms with Crippen LogP contribution in [0.2, 0.25) is 0 Å². The molecule has 2 amide bonds. The van der Waals surface area contributed by atoms with E-state index in [-0.39, 0.29) is 17.9 Å². The van der Waals surface area contributed by atoms with Crippen molar-refractivity contribution in [3.8, 4) is 0 Å². The van der Waals surface area contributed by atoms with E-state index in [0.29, 0.717) is 18.9 Å². The first-order chi connectivity index (χ1) is 10.7. The van der Waals surface area contributed by atoms with Gasteiger partial charge in [-0.25, -0.2) is 0 Å². The smallest absolute Gasteiger partial charge is 0.249 e. The number of benzene rings is 1. The van der Waals surface area contributed by atoms with Gasteiger partial charge in [-0.05, 0) is 50.6 Å². The zero-order chi connectivity index (χ0) is 15.4. The summed E-state index contributed by atoms with van der Waals surface area (Å²) in [6.45, 7) is 2.10. The van der Waals surface area contributed by atoms with Gasteiger partial charge in [-0.1, -0.05) is 6.07 Å². The second-order valence-corrected chi connectivity index (χ2v) is 5.90. The van der Waals surface area contributed by atoms with Crippen molar-refractivity contribution in [2.75, 3.05) is 23.7 Å². The Bertz CT molecular complexity index is 555. The van der Waals surface area contributed by atoms with E-state index in [1.165, 1.54) is 0 Å². The summed E-state index contributed by atoms with van der Waals surface area (Å²) in [6, 6.07) is 8.12. The molecule has 0 spiro atoms. The summed E-state index contributed by atoms with van der Waals surface area (Å²) < 4.78 is 0. The highest BCUT2D eigenvalue weighted by Gasteiger charge is 2.26. The van der Waals surface area contributed by atoms with E-state index < -0.39 is 0 Å². The van der Waals surface area contributed by atoms with E-state index in [1.54, 1.807) is 0 Å². The molecule has 0 radical (unpaired) electrons. The number of anilines is 2. The molecule has 2 aliphatic rings. The van der Waals surface area contributed by atoms with E-state index in [0.717, 1.165) is 37.3 Å². The minimum absolute atomic E-state index is 0.190. The third-order valence-corrected chi connectivity index (χ3v) is 4.15. The molecule has 2 heterocycles. The van der Waals surface area contributed by atoms with Gasteiger partial charge in [0.15, 0.2) is 0 Å². The lowest BCUT2D eigenvalue weighted by atomic mass is 10.1. The van der Waals surface area contributed by atoms with Gasteiger partial charge in [0.05, 0.1) is 0 Å². The van der Waals surface area contributed by atoms with Crippen LogP contribution in [0.5, 0.6) is 0 Å². The highest BCUT2D eigenvalue weighted by atomic mass is 16.2. The topological polar surface area (TPSA) is 82.3 Å². The molecule has 118 valence electrons. The van der Waals surface area contributed by atoms with Crippen LogP contribution in [0.1, 0.15) is 25.7 Å². The number of amides is 2. The van der Waals surface area contributed by atoms with Crippen molar-refractivity contribution >= 4 is 23.2 Å². The van der Waals surface area contributed by atoms with Gasteiger partial charge in [-0.15, -0.1) is 0 Å². The number of carbonyl (C=O) groups excluding carboxylic acids is 2. The number of hydrogen-bond acceptors (Lipinski definition) is 5. The number of rotatable bonds is 4. The Balaban J connectivity index is 1.61. The van der Waals surface area contributed by atoms with Crippen molar-refractivity contribution in [2.45, 2.75) is 37.8 Å². The van der Waals surface area contributed by atoms with Gasteiger partial charge in [0.1, 0.15) is 6.04 Å². The summed E-state index contributed by atoms with van der Waals surface area (Å²) in [5.74, 6) is -0.433. The number of piperidine rings is 2. The molecule has 0 bridgehead atoms. The molecule has 0 aromatic heterocycles. The zero-order valence-corrected chi connectivity index (χ0v) is 12.5. The van der Waals surface area contributed by atoms with Crippen molar-refractivity contribution in [3.63, 3.8) is 0 Å². The summed E-state index contributed by atoms with van der Waals surface area (Å²) in [5, 5.41) is 12.5. The molecule has 1 aromatic carbocycles. The molecule has 1 aromatic rings. The average Bonchev–Trinajstić information content (AvgIpc) is 2.52. The van der Waals surface area contributed by atoms with Crippen molar-refractivity contribution in [1.82, 2.24) is 10.6 Å². The van der Waals surface area contributed by atoms with Crippen molar-refractivity contribution < 1.29 is 9.59 Å². The highest BCUT2D eigenvalue weighted by Crippen LogP contribution is 2.20. The van der Waals surface area contributed by atoms with Crippen LogP contribution in [-0.2, 0) is 9.59 Å². The Morgan fingerprint density at radius 1 is 1.00 bits per heavy atom. The lowest BCUT2D eigenvalue weighted by Gasteiger charge is -2.26. The third kappa shape index (κ3) is 3.76. The summed E-state index contributed by atoms with van der Waals surface area (Å²) in [7, 11) is 0. The molecule has 22 heavy (non-hydrogen) atoms. The predicted molar refractivity (Wildman–Crippen MR) is 85.8 cm³/mol. The fourth-order valence-electron chi connectivity index (χ4n) is 2.93. The quantitative estimate of drug-likeness (QED) is 0.626. The van der Waals surface area contributed by atoms with Crippen LogP contribution in [0.25, 0.3) is 0 Å². The number of carbonyl (C=O) groups is 2. The molecule has 1 atom stereocenters. The van der Waals surface area contributed by atoms with Gasteiger partial charge >= 0.3 is 0 Å². The van der Waals surface area contributed by atoms with Crippen LogP contribution in [-0.4, -0.2) is 37.0 Å². The molecule has 2 fully saturated rings. The highest BCUT2D eigenvalue weighted by molar-refractivity contribution is 6.01. The van der Waals surface area contributed by atoms with E-state index in [2.05, 4.69) is 21.3 Å². The Labute approximate surface area is 130 Å². The Kier molecular flexibility index (Phi) is 4.58. The van der Waals surface area contributed by atoms with Crippen LogP contribution >= 0.6 is 0 Å². The van der Waals surface area contributed by atoms with Crippen molar-refractivity contribution in [3.05, 3.63) is 24.3 Å². The van der Waals surface area contributed by atoms with Crippen LogP contribution in [0.4, 0.5) is 11.4 Å². The maximum atomic E-state index is 11.8. The van der Waals surface area contributed by atoms with Gasteiger partial charge < -0.3 is 16.0 Å². The number of imide groups is 1. The van der Waals surface area contributed by atoms with Crippen LogP contribution in [0.3, 0.4) is 0 Å². The molecule has 1 unspecified atom stereocenters. The van der Waals surface area contributed by atoms with Gasteiger partial charge in [0.25, 0.3) is 0 Å². The Hall–Kier alpha value is -2.08. The molecular weight excluding hydrogens is 280 g/mol. The maximum absolute atomic E-state index is 11.8. The Morgan fingerprint density at radius 3 is 2.45 bits per heavy atom. The predicted octanol–water partition coefficient (Wildman–Crippen LogP) is 1.07. The van der Waals surface area contributed by atoms with Crippen LogP contribution in [0.15, 0.2) is 24.3 Å². The van der Waals surface area contributed by atoms with E-state index >= 15 is 0 Å². The van der Waals surface area contributed by atoms with E-state index in [1.807, 2.05) is 24.3 Å². The van der Waals surface area contributed by atoms with Crippen LogP contribution < -0.4 is 21.3 Å². The zero-order valence-electron chi connectivity index (χ0n) is 12.5.